The third-order valence-corrected chi connectivity index (χ3v) is 3.37. The lowest BCUT2D eigenvalue weighted by atomic mass is 9.95. The van der Waals surface area contributed by atoms with Crippen LogP contribution in [0.5, 0.6) is 0 Å². The maximum atomic E-state index is 8.85. The van der Waals surface area contributed by atoms with Crippen molar-refractivity contribution in [1.29, 1.82) is 5.26 Å². The molecule has 1 saturated heterocycles. The fourth-order valence-corrected chi connectivity index (χ4v) is 2.20. The summed E-state index contributed by atoms with van der Waals surface area (Å²) < 4.78 is 0. The zero-order chi connectivity index (χ0) is 11.5. The zero-order valence-electron chi connectivity index (χ0n) is 9.85. The minimum Gasteiger partial charge on any atom is -0.356 e. The van der Waals surface area contributed by atoms with Crippen molar-refractivity contribution in [3.63, 3.8) is 0 Å². The van der Waals surface area contributed by atoms with Gasteiger partial charge in [0.25, 0.3) is 0 Å². The van der Waals surface area contributed by atoms with Gasteiger partial charge in [-0.2, -0.15) is 5.26 Å². The lowest BCUT2D eigenvalue weighted by Crippen LogP contribution is -2.22. The summed E-state index contributed by atoms with van der Waals surface area (Å²) in [6, 6.07) is 5.79. The standard InChI is InChI=1S/C13H17N3/c1-10(2)12-4-6-16(9-12)13-7-11(8-14)3-5-15-13/h3,5,7,10,12H,4,6,9H2,1-2H3. The van der Waals surface area contributed by atoms with Gasteiger partial charge < -0.3 is 4.90 Å². The van der Waals surface area contributed by atoms with E-state index in [1.165, 1.54) is 6.42 Å². The van der Waals surface area contributed by atoms with E-state index in [9.17, 15) is 0 Å². The minimum absolute atomic E-state index is 0.693. The number of nitrogens with zero attached hydrogens (tertiary/aromatic N) is 3. The number of anilines is 1. The molecular weight excluding hydrogens is 198 g/mol. The number of hydrogen-bond donors (Lipinski definition) is 0. The Bertz CT molecular complexity index is 406. The van der Waals surface area contributed by atoms with Crippen LogP contribution in [0.2, 0.25) is 0 Å². The molecule has 0 saturated carbocycles. The molecule has 0 spiro atoms. The molecule has 2 rings (SSSR count). The quantitative estimate of drug-likeness (QED) is 0.760. The van der Waals surface area contributed by atoms with Crippen LogP contribution in [-0.2, 0) is 0 Å². The highest BCUT2D eigenvalue weighted by molar-refractivity contribution is 5.45. The van der Waals surface area contributed by atoms with Gasteiger partial charge in [-0.3, -0.25) is 0 Å². The van der Waals surface area contributed by atoms with E-state index >= 15 is 0 Å². The second kappa shape index (κ2) is 4.52. The van der Waals surface area contributed by atoms with Gasteiger partial charge in [0.15, 0.2) is 0 Å². The van der Waals surface area contributed by atoms with E-state index in [2.05, 4.69) is 29.8 Å². The topological polar surface area (TPSA) is 39.9 Å². The van der Waals surface area contributed by atoms with Gasteiger partial charge in [-0.05, 0) is 30.4 Å². The fourth-order valence-electron chi connectivity index (χ4n) is 2.20. The summed E-state index contributed by atoms with van der Waals surface area (Å²) >= 11 is 0. The second-order valence-electron chi connectivity index (χ2n) is 4.75. The van der Waals surface area contributed by atoms with E-state index in [-0.39, 0.29) is 0 Å². The molecule has 1 aromatic rings. The van der Waals surface area contributed by atoms with Gasteiger partial charge in [-0.1, -0.05) is 13.8 Å². The molecule has 16 heavy (non-hydrogen) atoms. The van der Waals surface area contributed by atoms with E-state index in [0.717, 1.165) is 30.7 Å². The third-order valence-electron chi connectivity index (χ3n) is 3.37. The summed E-state index contributed by atoms with van der Waals surface area (Å²) in [5, 5.41) is 8.85. The molecule has 1 atom stereocenters. The van der Waals surface area contributed by atoms with Crippen LogP contribution in [0.4, 0.5) is 5.82 Å². The van der Waals surface area contributed by atoms with Gasteiger partial charge in [0.1, 0.15) is 5.82 Å². The first-order chi connectivity index (χ1) is 7.70. The first-order valence-electron chi connectivity index (χ1n) is 5.82. The first-order valence-corrected chi connectivity index (χ1v) is 5.82. The number of nitriles is 1. The van der Waals surface area contributed by atoms with Crippen molar-refractivity contribution in [2.24, 2.45) is 11.8 Å². The zero-order valence-corrected chi connectivity index (χ0v) is 9.85. The van der Waals surface area contributed by atoms with Crippen molar-refractivity contribution in [1.82, 2.24) is 4.98 Å². The number of pyridine rings is 1. The van der Waals surface area contributed by atoms with Gasteiger partial charge in [0.05, 0.1) is 11.6 Å². The molecule has 0 N–H and O–H groups in total. The summed E-state index contributed by atoms with van der Waals surface area (Å²) in [5.41, 5.74) is 0.693. The average molecular weight is 215 g/mol. The predicted octanol–water partition coefficient (Wildman–Crippen LogP) is 2.44. The number of hydrogen-bond acceptors (Lipinski definition) is 3. The van der Waals surface area contributed by atoms with E-state index in [0.29, 0.717) is 5.56 Å². The fraction of sp³-hybridized carbons (Fsp3) is 0.538. The molecule has 0 aliphatic carbocycles. The van der Waals surface area contributed by atoms with Crippen LogP contribution < -0.4 is 4.90 Å². The molecule has 0 aromatic carbocycles. The summed E-state index contributed by atoms with van der Waals surface area (Å²) in [4.78, 5) is 6.62. The van der Waals surface area contributed by atoms with Gasteiger partial charge in [0.2, 0.25) is 0 Å². The van der Waals surface area contributed by atoms with Crippen molar-refractivity contribution in [3.8, 4) is 6.07 Å². The van der Waals surface area contributed by atoms with Crippen molar-refractivity contribution in [2.75, 3.05) is 18.0 Å². The molecule has 0 amide bonds. The summed E-state index contributed by atoms with van der Waals surface area (Å²) in [7, 11) is 0. The van der Waals surface area contributed by atoms with Crippen LogP contribution in [0, 0.1) is 23.2 Å². The maximum Gasteiger partial charge on any atom is 0.129 e. The molecule has 1 unspecified atom stereocenters. The Kier molecular flexibility index (Phi) is 3.09. The monoisotopic (exact) mass is 215 g/mol. The van der Waals surface area contributed by atoms with E-state index < -0.39 is 0 Å². The first kappa shape index (κ1) is 10.9. The van der Waals surface area contributed by atoms with Crippen LogP contribution in [0.1, 0.15) is 25.8 Å². The lowest BCUT2D eigenvalue weighted by Gasteiger charge is -2.18. The van der Waals surface area contributed by atoms with Crippen molar-refractivity contribution in [3.05, 3.63) is 23.9 Å². The SMILES string of the molecule is CC(C)C1CCN(c2cc(C#N)ccn2)C1. The van der Waals surface area contributed by atoms with Gasteiger partial charge in [-0.15, -0.1) is 0 Å². The molecule has 3 nitrogen and oxygen atoms in total. The molecule has 3 heteroatoms. The molecule has 0 bridgehead atoms. The van der Waals surface area contributed by atoms with Crippen molar-refractivity contribution in [2.45, 2.75) is 20.3 Å². The summed E-state index contributed by atoms with van der Waals surface area (Å²) in [6.45, 7) is 6.67. The summed E-state index contributed by atoms with van der Waals surface area (Å²) in [5.74, 6) is 2.43. The Morgan fingerprint density at radius 2 is 2.38 bits per heavy atom. The van der Waals surface area contributed by atoms with E-state index in [1.807, 2.05) is 6.07 Å². The second-order valence-corrected chi connectivity index (χ2v) is 4.75. The lowest BCUT2D eigenvalue weighted by molar-refractivity contribution is 0.422. The average Bonchev–Trinajstić information content (AvgIpc) is 2.78. The van der Waals surface area contributed by atoms with Crippen LogP contribution in [-0.4, -0.2) is 18.1 Å². The normalized spacial score (nSPS) is 20.1. The third kappa shape index (κ3) is 2.16. The van der Waals surface area contributed by atoms with Gasteiger partial charge in [0, 0.05) is 19.3 Å². The van der Waals surface area contributed by atoms with Crippen LogP contribution in [0.25, 0.3) is 0 Å². The van der Waals surface area contributed by atoms with Crippen LogP contribution in [0.15, 0.2) is 18.3 Å². The maximum absolute atomic E-state index is 8.85. The van der Waals surface area contributed by atoms with Crippen molar-refractivity contribution < 1.29 is 0 Å². The highest BCUT2D eigenvalue weighted by atomic mass is 15.2. The van der Waals surface area contributed by atoms with E-state index in [4.69, 9.17) is 5.26 Å². The molecule has 1 aromatic heterocycles. The Morgan fingerprint density at radius 1 is 1.56 bits per heavy atom. The van der Waals surface area contributed by atoms with Crippen molar-refractivity contribution >= 4 is 5.82 Å². The molecule has 1 aliphatic rings. The minimum atomic E-state index is 0.693. The molecular formula is C13H17N3. The number of aromatic nitrogens is 1. The van der Waals surface area contributed by atoms with E-state index in [1.54, 1.807) is 12.3 Å². The highest BCUT2D eigenvalue weighted by Crippen LogP contribution is 2.27. The predicted molar refractivity (Wildman–Crippen MR) is 64.1 cm³/mol. The summed E-state index contributed by atoms with van der Waals surface area (Å²) in [6.07, 6.45) is 2.95. The molecule has 1 aliphatic heterocycles. The largest absolute Gasteiger partial charge is 0.356 e. The van der Waals surface area contributed by atoms with Crippen LogP contribution in [0.3, 0.4) is 0 Å². The molecule has 2 heterocycles. The number of rotatable bonds is 2. The Hall–Kier alpha value is -1.56. The van der Waals surface area contributed by atoms with Crippen LogP contribution >= 0.6 is 0 Å². The van der Waals surface area contributed by atoms with Gasteiger partial charge >= 0.3 is 0 Å². The smallest absolute Gasteiger partial charge is 0.129 e. The Balaban J connectivity index is 2.12. The molecule has 0 radical (unpaired) electrons. The molecule has 84 valence electrons. The Morgan fingerprint density at radius 3 is 3.00 bits per heavy atom. The Labute approximate surface area is 96.7 Å². The van der Waals surface area contributed by atoms with Gasteiger partial charge in [-0.25, -0.2) is 4.98 Å². The highest BCUT2D eigenvalue weighted by Gasteiger charge is 2.25. The molecule has 1 fully saturated rings.